The number of carboxylic acid groups (broad SMARTS) is 1. The van der Waals surface area contributed by atoms with Crippen LogP contribution in [0.25, 0.3) is 0 Å². The summed E-state index contributed by atoms with van der Waals surface area (Å²) in [7, 11) is 0. The van der Waals surface area contributed by atoms with Crippen molar-refractivity contribution in [3.63, 3.8) is 0 Å². The van der Waals surface area contributed by atoms with Gasteiger partial charge < -0.3 is 5.11 Å². The molecule has 0 radical (unpaired) electrons. The number of thiol groups is 1. The zero-order valence-electron chi connectivity index (χ0n) is 14.5. The van der Waals surface area contributed by atoms with Gasteiger partial charge in [-0.2, -0.15) is 35.1 Å². The van der Waals surface area contributed by atoms with E-state index in [1.807, 2.05) is 0 Å². The van der Waals surface area contributed by atoms with Gasteiger partial charge >= 0.3 is 18.2 Å². The number of carbonyl (C=O) groups is 2. The number of amides is 2. The average molecular weight is 390 g/mol. The molecule has 1 aliphatic heterocycles. The second-order valence-electron chi connectivity index (χ2n) is 6.91. The lowest BCUT2D eigenvalue weighted by Crippen LogP contribution is -2.58. The first-order chi connectivity index (χ1) is 12.1. The minimum Gasteiger partial charge on any atom is -0.435 e. The summed E-state index contributed by atoms with van der Waals surface area (Å²) in [5.74, 6) is -0.0249. The fraction of sp³-hybridized carbons (Fsp3) is 0.556. The third-order valence-electron chi connectivity index (χ3n) is 5.09. The molecule has 0 bridgehead atoms. The number of hydrogen-bond acceptors (Lipinski definition) is 3. The van der Waals surface area contributed by atoms with Crippen molar-refractivity contribution in [1.82, 2.24) is 0 Å². The molecule has 1 heterocycles. The van der Waals surface area contributed by atoms with Crippen LogP contribution in [0.4, 0.5) is 18.0 Å². The van der Waals surface area contributed by atoms with E-state index in [0.717, 1.165) is 12.1 Å². The lowest BCUT2D eigenvalue weighted by Gasteiger charge is -2.29. The predicted octanol–water partition coefficient (Wildman–Crippen LogP) is 4.39. The summed E-state index contributed by atoms with van der Waals surface area (Å²) in [5.41, 5.74) is -0.213. The van der Waals surface area contributed by atoms with Crippen molar-refractivity contribution in [2.75, 3.05) is 12.3 Å². The summed E-state index contributed by atoms with van der Waals surface area (Å²) < 4.78 is 38.0. The molecule has 26 heavy (non-hydrogen) atoms. The van der Waals surface area contributed by atoms with Crippen molar-refractivity contribution in [1.29, 1.82) is 0 Å². The SMILES string of the molecule is CC1C[C@H](Cc2cccc(C(F)(F)F)c2)C[N+]1(C(=O)O)C(=O)CCCS. The van der Waals surface area contributed by atoms with Crippen LogP contribution in [-0.4, -0.2) is 39.9 Å². The van der Waals surface area contributed by atoms with Crippen molar-refractivity contribution in [2.45, 2.75) is 44.8 Å². The largest absolute Gasteiger partial charge is 0.521 e. The van der Waals surface area contributed by atoms with Crippen molar-refractivity contribution in [3.8, 4) is 0 Å². The fourth-order valence-electron chi connectivity index (χ4n) is 3.83. The van der Waals surface area contributed by atoms with Crippen LogP contribution in [0, 0.1) is 5.92 Å². The van der Waals surface area contributed by atoms with E-state index in [2.05, 4.69) is 12.6 Å². The Morgan fingerprint density at radius 1 is 1.35 bits per heavy atom. The normalized spacial score (nSPS) is 26.0. The number of nitrogens with zero attached hydrogens (tertiary/aromatic N) is 1. The van der Waals surface area contributed by atoms with Gasteiger partial charge in [0.15, 0.2) is 0 Å². The number of halogens is 3. The predicted molar refractivity (Wildman–Crippen MR) is 94.0 cm³/mol. The molecule has 1 aliphatic rings. The highest BCUT2D eigenvalue weighted by Gasteiger charge is 2.55. The summed E-state index contributed by atoms with van der Waals surface area (Å²) in [6.07, 6.45) is -4.16. The zero-order valence-corrected chi connectivity index (χ0v) is 15.4. The molecule has 144 valence electrons. The molecular formula is C18H23F3NO3S+. The third-order valence-corrected chi connectivity index (χ3v) is 5.40. The molecule has 1 saturated heterocycles. The number of carbonyl (C=O) groups excluding carboxylic acids is 1. The zero-order chi connectivity index (χ0) is 19.5. The third kappa shape index (κ3) is 4.23. The maximum absolute atomic E-state index is 12.9. The Kier molecular flexibility index (Phi) is 6.39. The quantitative estimate of drug-likeness (QED) is 0.579. The Labute approximate surface area is 156 Å². The molecule has 1 aromatic rings. The molecule has 4 nitrogen and oxygen atoms in total. The van der Waals surface area contributed by atoms with Gasteiger partial charge in [-0.05, 0) is 37.1 Å². The van der Waals surface area contributed by atoms with E-state index < -0.39 is 28.4 Å². The fourth-order valence-corrected chi connectivity index (χ4v) is 3.99. The van der Waals surface area contributed by atoms with Crippen molar-refractivity contribution < 1.29 is 32.3 Å². The molecule has 2 unspecified atom stereocenters. The van der Waals surface area contributed by atoms with Gasteiger partial charge in [0.05, 0.1) is 18.5 Å². The van der Waals surface area contributed by atoms with Gasteiger partial charge in [-0.3, -0.25) is 0 Å². The average Bonchev–Trinajstić information content (AvgIpc) is 2.89. The van der Waals surface area contributed by atoms with Gasteiger partial charge in [0.1, 0.15) is 6.04 Å². The lowest BCUT2D eigenvalue weighted by atomic mass is 9.96. The first-order valence-electron chi connectivity index (χ1n) is 8.53. The number of hydrogen-bond donors (Lipinski definition) is 2. The van der Waals surface area contributed by atoms with E-state index in [1.54, 1.807) is 13.0 Å². The van der Waals surface area contributed by atoms with Crippen LogP contribution < -0.4 is 0 Å². The van der Waals surface area contributed by atoms with E-state index in [-0.39, 0.29) is 24.8 Å². The first-order valence-corrected chi connectivity index (χ1v) is 9.16. The molecule has 1 aromatic carbocycles. The van der Waals surface area contributed by atoms with E-state index in [4.69, 9.17) is 0 Å². The van der Waals surface area contributed by atoms with E-state index in [1.165, 1.54) is 6.07 Å². The number of rotatable bonds is 5. The van der Waals surface area contributed by atoms with Gasteiger partial charge in [-0.1, -0.05) is 18.2 Å². The van der Waals surface area contributed by atoms with Crippen LogP contribution in [-0.2, 0) is 17.4 Å². The maximum atomic E-state index is 12.9. The minimum atomic E-state index is -4.41. The van der Waals surface area contributed by atoms with Gasteiger partial charge in [0, 0.05) is 12.3 Å². The maximum Gasteiger partial charge on any atom is 0.521 e. The molecular weight excluding hydrogens is 367 g/mol. The lowest BCUT2D eigenvalue weighted by molar-refractivity contribution is -0.794. The van der Waals surface area contributed by atoms with Gasteiger partial charge in [-0.15, -0.1) is 0 Å². The number of imide groups is 1. The highest BCUT2D eigenvalue weighted by atomic mass is 32.1. The van der Waals surface area contributed by atoms with Crippen LogP contribution in [0.2, 0.25) is 0 Å². The molecule has 1 N–H and O–H groups in total. The molecule has 0 spiro atoms. The van der Waals surface area contributed by atoms with Gasteiger partial charge in [0.25, 0.3) is 0 Å². The highest BCUT2D eigenvalue weighted by molar-refractivity contribution is 7.80. The highest BCUT2D eigenvalue weighted by Crippen LogP contribution is 2.36. The van der Waals surface area contributed by atoms with Crippen molar-refractivity contribution in [3.05, 3.63) is 35.4 Å². The molecule has 1 fully saturated rings. The number of alkyl halides is 3. The van der Waals surface area contributed by atoms with Crippen LogP contribution in [0.3, 0.4) is 0 Å². The molecule has 3 atom stereocenters. The van der Waals surface area contributed by atoms with Crippen LogP contribution in [0.5, 0.6) is 0 Å². The Bertz CT molecular complexity index is 680. The second kappa shape index (κ2) is 8.00. The summed E-state index contributed by atoms with van der Waals surface area (Å²) in [4.78, 5) is 24.5. The monoisotopic (exact) mass is 390 g/mol. The summed E-state index contributed by atoms with van der Waals surface area (Å²) in [6.45, 7) is 1.83. The standard InChI is InChI=1S/C18H22F3NO3S/c1-12-8-14(9-13-4-2-5-15(10-13)18(19,20)21)11-22(12,17(24)25)16(23)6-3-7-26/h2,4-5,10,12,14H,3,6-9,11H2,1H3,(H-,24,25,26)/p+1/t12?,14-,22?/m1/s1. The molecule has 2 amide bonds. The van der Waals surface area contributed by atoms with Crippen molar-refractivity contribution in [2.24, 2.45) is 5.92 Å². The topological polar surface area (TPSA) is 54.4 Å². The summed E-state index contributed by atoms with van der Waals surface area (Å²) in [6, 6.07) is 4.67. The Balaban J connectivity index is 2.19. The van der Waals surface area contributed by atoms with Gasteiger partial charge in [-0.25, -0.2) is 4.79 Å². The second-order valence-corrected chi connectivity index (χ2v) is 7.36. The molecule has 0 aromatic heterocycles. The molecule has 8 heteroatoms. The Hall–Kier alpha value is -1.54. The minimum absolute atomic E-state index is 0.109. The molecule has 0 aliphatic carbocycles. The number of benzene rings is 1. The van der Waals surface area contributed by atoms with Crippen molar-refractivity contribution >= 4 is 24.6 Å². The number of likely N-dealkylation sites (tertiary alicyclic amines) is 1. The first kappa shape index (κ1) is 20.8. The van der Waals surface area contributed by atoms with E-state index in [0.29, 0.717) is 30.6 Å². The summed E-state index contributed by atoms with van der Waals surface area (Å²) >= 11 is 4.06. The number of quaternary nitrogens is 1. The molecule has 0 saturated carbocycles. The van der Waals surface area contributed by atoms with E-state index >= 15 is 0 Å². The van der Waals surface area contributed by atoms with E-state index in [9.17, 15) is 27.9 Å². The molecule has 2 rings (SSSR count). The Morgan fingerprint density at radius 3 is 2.62 bits per heavy atom. The Morgan fingerprint density at radius 2 is 2.04 bits per heavy atom. The van der Waals surface area contributed by atoms with Gasteiger partial charge in [0.2, 0.25) is 0 Å². The smallest absolute Gasteiger partial charge is 0.435 e. The van der Waals surface area contributed by atoms with Crippen LogP contribution in [0.1, 0.15) is 37.3 Å². The van der Waals surface area contributed by atoms with Crippen LogP contribution in [0.15, 0.2) is 24.3 Å². The van der Waals surface area contributed by atoms with Crippen LogP contribution >= 0.6 is 12.6 Å². The summed E-state index contributed by atoms with van der Waals surface area (Å²) in [5, 5.41) is 9.72.